The molecule has 1 aliphatic rings. The molecule has 26 heavy (non-hydrogen) atoms. The number of likely N-dealkylation sites (tertiary alicyclic amines) is 1. The summed E-state index contributed by atoms with van der Waals surface area (Å²) in [6.45, 7) is 4.79. The van der Waals surface area contributed by atoms with Crippen LogP contribution < -0.4 is 0 Å². The average Bonchev–Trinajstić information content (AvgIpc) is 3.41. The molecule has 1 atom stereocenters. The van der Waals surface area contributed by atoms with Crippen LogP contribution in [0, 0.1) is 0 Å². The number of carbonyl (C=O) groups is 1. The highest BCUT2D eigenvalue weighted by molar-refractivity contribution is 5.92. The molecule has 1 amide bonds. The standard InChI is InChI=1S/C20H21N3O3/c1-13(2)18-12-16(22-25-18)17-9-6-10-23(17)20(24)19-11-15(21-26-19)14-7-4-3-5-8-14/h3-5,7-8,11-13,17H,6,9-10H2,1-2H3/t17-/m1/s1. The minimum Gasteiger partial charge on any atom is -0.361 e. The number of rotatable bonds is 4. The molecule has 1 saturated heterocycles. The van der Waals surface area contributed by atoms with Gasteiger partial charge in [0.1, 0.15) is 17.1 Å². The second-order valence-corrected chi connectivity index (χ2v) is 6.91. The normalized spacial score (nSPS) is 17.2. The lowest BCUT2D eigenvalue weighted by atomic mass is 10.1. The Morgan fingerprint density at radius 2 is 1.96 bits per heavy atom. The van der Waals surface area contributed by atoms with Crippen LogP contribution in [0.15, 0.2) is 51.5 Å². The Kier molecular flexibility index (Phi) is 4.32. The molecule has 3 heterocycles. The van der Waals surface area contributed by atoms with Gasteiger partial charge in [-0.05, 0) is 12.8 Å². The van der Waals surface area contributed by atoms with Crippen molar-refractivity contribution in [3.8, 4) is 11.3 Å². The van der Waals surface area contributed by atoms with Crippen molar-refractivity contribution in [3.63, 3.8) is 0 Å². The van der Waals surface area contributed by atoms with Crippen LogP contribution >= 0.6 is 0 Å². The Labute approximate surface area is 151 Å². The molecule has 0 bridgehead atoms. The zero-order valence-electron chi connectivity index (χ0n) is 14.9. The van der Waals surface area contributed by atoms with E-state index in [4.69, 9.17) is 9.05 Å². The molecule has 3 aromatic rings. The number of carbonyl (C=O) groups excluding carboxylic acids is 1. The van der Waals surface area contributed by atoms with E-state index in [2.05, 4.69) is 24.2 Å². The lowest BCUT2D eigenvalue weighted by Gasteiger charge is -2.21. The van der Waals surface area contributed by atoms with E-state index in [1.165, 1.54) is 0 Å². The maximum atomic E-state index is 12.9. The lowest BCUT2D eigenvalue weighted by Crippen LogP contribution is -2.30. The number of hydrogen-bond donors (Lipinski definition) is 0. The molecule has 0 spiro atoms. The van der Waals surface area contributed by atoms with Crippen molar-refractivity contribution < 1.29 is 13.8 Å². The molecule has 1 aliphatic heterocycles. The van der Waals surface area contributed by atoms with Crippen LogP contribution in [0.2, 0.25) is 0 Å². The van der Waals surface area contributed by atoms with Gasteiger partial charge in [-0.15, -0.1) is 0 Å². The molecule has 0 saturated carbocycles. The highest BCUT2D eigenvalue weighted by Crippen LogP contribution is 2.34. The monoisotopic (exact) mass is 351 g/mol. The summed E-state index contributed by atoms with van der Waals surface area (Å²) >= 11 is 0. The number of benzene rings is 1. The maximum absolute atomic E-state index is 12.9. The molecule has 6 nitrogen and oxygen atoms in total. The van der Waals surface area contributed by atoms with Crippen LogP contribution in [0.3, 0.4) is 0 Å². The summed E-state index contributed by atoms with van der Waals surface area (Å²) in [5, 5.41) is 8.23. The summed E-state index contributed by atoms with van der Waals surface area (Å²) in [6.07, 6.45) is 1.80. The second-order valence-electron chi connectivity index (χ2n) is 6.91. The molecule has 2 aromatic heterocycles. The fraction of sp³-hybridized carbons (Fsp3) is 0.350. The van der Waals surface area contributed by atoms with E-state index in [0.29, 0.717) is 12.2 Å². The summed E-state index contributed by atoms with van der Waals surface area (Å²) in [5.41, 5.74) is 2.39. The van der Waals surface area contributed by atoms with Gasteiger partial charge in [0.15, 0.2) is 0 Å². The zero-order chi connectivity index (χ0) is 18.1. The smallest absolute Gasteiger partial charge is 0.293 e. The molecule has 0 unspecified atom stereocenters. The van der Waals surface area contributed by atoms with Gasteiger partial charge in [0.2, 0.25) is 5.76 Å². The summed E-state index contributed by atoms with van der Waals surface area (Å²) in [6, 6.07) is 13.3. The molecule has 134 valence electrons. The van der Waals surface area contributed by atoms with Crippen LogP contribution in [0.4, 0.5) is 0 Å². The number of aromatic nitrogens is 2. The molecule has 1 fully saturated rings. The van der Waals surface area contributed by atoms with E-state index >= 15 is 0 Å². The van der Waals surface area contributed by atoms with Gasteiger partial charge in [-0.25, -0.2) is 0 Å². The van der Waals surface area contributed by atoms with Gasteiger partial charge in [-0.2, -0.15) is 0 Å². The summed E-state index contributed by atoms with van der Waals surface area (Å²) in [7, 11) is 0. The largest absolute Gasteiger partial charge is 0.361 e. The average molecular weight is 351 g/mol. The predicted molar refractivity (Wildman–Crippen MR) is 95.5 cm³/mol. The minimum absolute atomic E-state index is 0.0796. The van der Waals surface area contributed by atoms with Crippen LogP contribution in [0.1, 0.15) is 60.7 Å². The van der Waals surface area contributed by atoms with Crippen LogP contribution in [0.5, 0.6) is 0 Å². The van der Waals surface area contributed by atoms with Crippen LogP contribution in [0.25, 0.3) is 11.3 Å². The number of hydrogen-bond acceptors (Lipinski definition) is 5. The summed E-state index contributed by atoms with van der Waals surface area (Å²) in [4.78, 5) is 14.8. The Morgan fingerprint density at radius 1 is 1.15 bits per heavy atom. The third kappa shape index (κ3) is 3.03. The molecule has 0 radical (unpaired) electrons. The minimum atomic E-state index is -0.156. The van der Waals surface area contributed by atoms with Gasteiger partial charge in [0.25, 0.3) is 5.91 Å². The van der Waals surface area contributed by atoms with Gasteiger partial charge < -0.3 is 13.9 Å². The van der Waals surface area contributed by atoms with E-state index < -0.39 is 0 Å². The fourth-order valence-electron chi connectivity index (χ4n) is 3.31. The van der Waals surface area contributed by atoms with Crippen LogP contribution in [-0.4, -0.2) is 27.7 Å². The highest BCUT2D eigenvalue weighted by atomic mass is 16.5. The second kappa shape index (κ2) is 6.78. The van der Waals surface area contributed by atoms with Crippen LogP contribution in [-0.2, 0) is 0 Å². The van der Waals surface area contributed by atoms with Crippen molar-refractivity contribution in [2.24, 2.45) is 0 Å². The van der Waals surface area contributed by atoms with E-state index in [0.717, 1.165) is 29.9 Å². The van der Waals surface area contributed by atoms with Crippen molar-refractivity contribution in [1.29, 1.82) is 0 Å². The van der Waals surface area contributed by atoms with Crippen molar-refractivity contribution in [2.45, 2.75) is 38.6 Å². The number of amides is 1. The molecule has 0 aliphatic carbocycles. The van der Waals surface area contributed by atoms with E-state index in [-0.39, 0.29) is 23.6 Å². The molecule has 0 N–H and O–H groups in total. The highest BCUT2D eigenvalue weighted by Gasteiger charge is 2.34. The molecule has 1 aromatic carbocycles. The third-order valence-electron chi connectivity index (χ3n) is 4.76. The molecule has 4 rings (SSSR count). The Morgan fingerprint density at radius 3 is 2.69 bits per heavy atom. The van der Waals surface area contributed by atoms with Gasteiger partial charge in [0, 0.05) is 30.2 Å². The quantitative estimate of drug-likeness (QED) is 0.695. The Hall–Kier alpha value is -2.89. The van der Waals surface area contributed by atoms with Crippen molar-refractivity contribution in [3.05, 3.63) is 59.7 Å². The first-order valence-electron chi connectivity index (χ1n) is 8.93. The van der Waals surface area contributed by atoms with Crippen molar-refractivity contribution >= 4 is 5.91 Å². The van der Waals surface area contributed by atoms with Gasteiger partial charge >= 0.3 is 0 Å². The SMILES string of the molecule is CC(C)c1cc([C@H]2CCCN2C(=O)c2cc(-c3ccccc3)no2)no1. The topological polar surface area (TPSA) is 72.4 Å². The van der Waals surface area contributed by atoms with Crippen molar-refractivity contribution in [2.75, 3.05) is 6.54 Å². The third-order valence-corrected chi connectivity index (χ3v) is 4.76. The Balaban J connectivity index is 1.56. The number of nitrogens with zero attached hydrogens (tertiary/aromatic N) is 3. The first-order valence-corrected chi connectivity index (χ1v) is 8.93. The van der Waals surface area contributed by atoms with E-state index in [1.54, 1.807) is 11.0 Å². The van der Waals surface area contributed by atoms with Gasteiger partial charge in [-0.1, -0.05) is 54.5 Å². The summed E-state index contributed by atoms with van der Waals surface area (Å²) in [5.74, 6) is 1.20. The zero-order valence-corrected chi connectivity index (χ0v) is 14.9. The van der Waals surface area contributed by atoms with E-state index in [1.807, 2.05) is 36.4 Å². The lowest BCUT2D eigenvalue weighted by molar-refractivity contribution is 0.0688. The maximum Gasteiger partial charge on any atom is 0.293 e. The molecular weight excluding hydrogens is 330 g/mol. The van der Waals surface area contributed by atoms with Gasteiger partial charge in [-0.3, -0.25) is 4.79 Å². The first-order chi connectivity index (χ1) is 12.6. The predicted octanol–water partition coefficient (Wildman–Crippen LogP) is 4.43. The first kappa shape index (κ1) is 16.6. The fourth-order valence-corrected chi connectivity index (χ4v) is 3.31. The molecule has 6 heteroatoms. The van der Waals surface area contributed by atoms with Gasteiger partial charge in [0.05, 0.1) is 6.04 Å². The summed E-state index contributed by atoms with van der Waals surface area (Å²) < 4.78 is 10.7. The van der Waals surface area contributed by atoms with E-state index in [9.17, 15) is 4.79 Å². The van der Waals surface area contributed by atoms with Crippen molar-refractivity contribution in [1.82, 2.24) is 15.2 Å². The molecular formula is C20H21N3O3. The Bertz CT molecular complexity index is 898.